The molecule has 0 aliphatic carbocycles. The van der Waals surface area contributed by atoms with Crippen LogP contribution >= 0.6 is 34.5 Å². The van der Waals surface area contributed by atoms with E-state index >= 15 is 0 Å². The van der Waals surface area contributed by atoms with Crippen molar-refractivity contribution >= 4 is 63.0 Å². The van der Waals surface area contributed by atoms with E-state index in [1.54, 1.807) is 30.3 Å². The van der Waals surface area contributed by atoms with Crippen LogP contribution in [-0.2, 0) is 0 Å². The van der Waals surface area contributed by atoms with Crippen LogP contribution in [0, 0.1) is 11.3 Å². The van der Waals surface area contributed by atoms with Crippen LogP contribution in [-0.4, -0.2) is 14.5 Å². The van der Waals surface area contributed by atoms with Gasteiger partial charge in [-0.25, -0.2) is 4.98 Å². The number of allylic oxidation sites excluding steroid dienone is 1. The van der Waals surface area contributed by atoms with Gasteiger partial charge in [0.2, 0.25) is 0 Å². The number of imidazole rings is 1. The molecular weight excluding hydrogens is 525 g/mol. The number of para-hydroxylation sites is 2. The zero-order valence-electron chi connectivity index (χ0n) is 19.1. The van der Waals surface area contributed by atoms with E-state index in [0.717, 1.165) is 22.2 Å². The third kappa shape index (κ3) is 3.96. The van der Waals surface area contributed by atoms with Gasteiger partial charge in [0.15, 0.2) is 0 Å². The molecule has 0 saturated carbocycles. The normalized spacial score (nSPS) is 15.8. The lowest BCUT2D eigenvalue weighted by Gasteiger charge is -2.25. The number of hydrogen-bond acceptors (Lipinski definition) is 5. The van der Waals surface area contributed by atoms with Crippen molar-refractivity contribution in [2.75, 3.05) is 0 Å². The van der Waals surface area contributed by atoms with Gasteiger partial charge >= 0.3 is 0 Å². The quantitative estimate of drug-likeness (QED) is 0.349. The van der Waals surface area contributed by atoms with E-state index in [9.17, 15) is 10.1 Å². The van der Waals surface area contributed by atoms with Crippen molar-refractivity contribution in [2.45, 2.75) is 5.92 Å². The Morgan fingerprint density at radius 2 is 1.70 bits per heavy atom. The summed E-state index contributed by atoms with van der Waals surface area (Å²) < 4.78 is 2.50. The van der Waals surface area contributed by atoms with Gasteiger partial charge in [0.1, 0.15) is 16.3 Å². The van der Waals surface area contributed by atoms with Crippen LogP contribution in [0.15, 0.2) is 83.2 Å². The van der Waals surface area contributed by atoms with E-state index in [4.69, 9.17) is 33.9 Å². The number of thiazole rings is 1. The first kappa shape index (κ1) is 23.3. The van der Waals surface area contributed by atoms with E-state index in [-0.39, 0.29) is 17.0 Å². The first-order chi connectivity index (χ1) is 17.9. The third-order valence-corrected chi connectivity index (χ3v) is 7.90. The highest BCUT2D eigenvalue weighted by atomic mass is 35.5. The molecule has 5 aromatic rings. The topological polar surface area (TPSA) is 100 Å². The fourth-order valence-electron chi connectivity index (χ4n) is 4.56. The average molecular weight is 542 g/mol. The Morgan fingerprint density at radius 1 is 1.03 bits per heavy atom. The lowest BCUT2D eigenvalue weighted by molar-refractivity contribution is 0.892. The van der Waals surface area contributed by atoms with Crippen LogP contribution in [0.3, 0.4) is 0 Å². The summed E-state index contributed by atoms with van der Waals surface area (Å²) in [6.07, 6.45) is 1.79. The number of fused-ring (bicyclic) bond motifs is 2. The van der Waals surface area contributed by atoms with Crippen LogP contribution in [0.4, 0.5) is 0 Å². The minimum Gasteiger partial charge on any atom is -0.384 e. The summed E-state index contributed by atoms with van der Waals surface area (Å²) in [6, 6.07) is 24.4. The third-order valence-electron chi connectivity index (χ3n) is 6.28. The molecule has 6 rings (SSSR count). The largest absolute Gasteiger partial charge is 0.384 e. The van der Waals surface area contributed by atoms with Gasteiger partial charge in [-0.1, -0.05) is 59.6 Å². The number of nitriles is 1. The van der Waals surface area contributed by atoms with E-state index in [1.165, 1.54) is 15.9 Å². The number of rotatable bonds is 3. The van der Waals surface area contributed by atoms with Gasteiger partial charge in [-0.2, -0.15) is 5.26 Å². The standard InChI is InChI=1S/C28H17Cl2N5OS/c29-17-9-5-15(6-10-17)13-22-27(36)35-25(32)19(14-31)23(16-7-11-18(30)12-8-16)24(28(35)37-22)26-33-20-3-1-2-4-21(20)34-26/h1-13,23H,32H2,(H,33,34). The Hall–Kier alpha value is -4.09. The zero-order valence-corrected chi connectivity index (χ0v) is 21.4. The summed E-state index contributed by atoms with van der Waals surface area (Å²) in [4.78, 5) is 21.8. The number of aromatic amines is 1. The molecular formula is C28H17Cl2N5OS. The highest BCUT2D eigenvalue weighted by Gasteiger charge is 2.34. The van der Waals surface area contributed by atoms with Crippen LogP contribution in [0.5, 0.6) is 0 Å². The molecule has 37 heavy (non-hydrogen) atoms. The van der Waals surface area contributed by atoms with Gasteiger partial charge in [0.05, 0.1) is 33.1 Å². The molecule has 0 bridgehead atoms. The summed E-state index contributed by atoms with van der Waals surface area (Å²) in [5.41, 5.74) is 10.4. The number of aromatic nitrogens is 3. The molecule has 3 heterocycles. The van der Waals surface area contributed by atoms with Gasteiger partial charge in [0.25, 0.3) is 5.56 Å². The molecule has 180 valence electrons. The first-order valence-electron chi connectivity index (χ1n) is 11.3. The molecule has 9 heteroatoms. The summed E-state index contributed by atoms with van der Waals surface area (Å²) in [7, 11) is 0. The summed E-state index contributed by atoms with van der Waals surface area (Å²) >= 11 is 13.5. The Bertz CT molecular complexity index is 1910. The number of hydrogen-bond donors (Lipinski definition) is 2. The van der Waals surface area contributed by atoms with Gasteiger partial charge in [-0.3, -0.25) is 9.36 Å². The van der Waals surface area contributed by atoms with E-state index in [2.05, 4.69) is 11.1 Å². The molecule has 0 radical (unpaired) electrons. The minimum atomic E-state index is -0.552. The van der Waals surface area contributed by atoms with Gasteiger partial charge in [0, 0.05) is 15.6 Å². The molecule has 6 nitrogen and oxygen atoms in total. The van der Waals surface area contributed by atoms with E-state index in [0.29, 0.717) is 30.6 Å². The first-order valence-corrected chi connectivity index (χ1v) is 12.9. The highest BCUT2D eigenvalue weighted by Crippen LogP contribution is 2.39. The molecule has 3 aromatic carbocycles. The number of nitrogens with two attached hydrogens (primary N) is 1. The molecule has 0 amide bonds. The second-order valence-corrected chi connectivity index (χ2v) is 10.4. The summed E-state index contributed by atoms with van der Waals surface area (Å²) in [5, 5.41) is 11.4. The van der Waals surface area contributed by atoms with Crippen molar-refractivity contribution < 1.29 is 0 Å². The molecule has 1 aliphatic heterocycles. The number of nitrogens with zero attached hydrogens (tertiary/aromatic N) is 3. The summed E-state index contributed by atoms with van der Waals surface area (Å²) in [5.74, 6) is 0.119. The smallest absolute Gasteiger partial charge is 0.274 e. The van der Waals surface area contributed by atoms with Crippen molar-refractivity contribution in [1.82, 2.24) is 14.5 Å². The van der Waals surface area contributed by atoms with E-state index in [1.807, 2.05) is 48.5 Å². The van der Waals surface area contributed by atoms with Gasteiger partial charge in [-0.15, -0.1) is 11.3 Å². The van der Waals surface area contributed by atoms with E-state index < -0.39 is 5.92 Å². The Morgan fingerprint density at radius 3 is 2.38 bits per heavy atom. The van der Waals surface area contributed by atoms with Crippen molar-refractivity contribution in [3.8, 4) is 6.07 Å². The lowest BCUT2D eigenvalue weighted by Crippen LogP contribution is -2.38. The monoisotopic (exact) mass is 541 g/mol. The molecule has 3 N–H and O–H groups in total. The second-order valence-electron chi connectivity index (χ2n) is 8.52. The number of nitrogens with one attached hydrogen (secondary N) is 1. The molecule has 0 fully saturated rings. The molecule has 0 saturated heterocycles. The van der Waals surface area contributed by atoms with Crippen LogP contribution in [0.25, 0.3) is 28.5 Å². The molecule has 1 atom stereocenters. The molecule has 2 aromatic heterocycles. The minimum absolute atomic E-state index is 0.106. The second kappa shape index (κ2) is 9.09. The predicted octanol–water partition coefficient (Wildman–Crippen LogP) is 4.57. The van der Waals surface area contributed by atoms with Crippen molar-refractivity contribution in [2.24, 2.45) is 5.73 Å². The predicted molar refractivity (Wildman–Crippen MR) is 149 cm³/mol. The average Bonchev–Trinajstić information content (AvgIpc) is 3.47. The van der Waals surface area contributed by atoms with Crippen LogP contribution in [0.2, 0.25) is 10.0 Å². The summed E-state index contributed by atoms with van der Waals surface area (Å²) in [6.45, 7) is 0. The molecule has 1 aliphatic rings. The Kier molecular flexibility index (Phi) is 5.73. The zero-order chi connectivity index (χ0) is 25.7. The maximum absolute atomic E-state index is 13.6. The Labute approximate surface area is 224 Å². The fourth-order valence-corrected chi connectivity index (χ4v) is 5.99. The SMILES string of the molecule is N#CC1=C(N)n2c(sc(=Cc3ccc(Cl)cc3)c2=O)=C(c2nc3ccccc3[nH]2)C1c1ccc(Cl)cc1. The maximum atomic E-state index is 13.6. The number of benzene rings is 3. The van der Waals surface area contributed by atoms with Crippen molar-refractivity contribution in [3.63, 3.8) is 0 Å². The van der Waals surface area contributed by atoms with Gasteiger partial charge in [-0.05, 0) is 53.6 Å². The Balaban J connectivity index is 1.73. The fraction of sp³-hybridized carbons (Fsp3) is 0.0357. The maximum Gasteiger partial charge on any atom is 0.274 e. The molecule has 1 unspecified atom stereocenters. The van der Waals surface area contributed by atoms with Gasteiger partial charge < -0.3 is 10.7 Å². The van der Waals surface area contributed by atoms with Crippen LogP contribution < -0.4 is 20.5 Å². The van der Waals surface area contributed by atoms with Crippen LogP contribution in [0.1, 0.15) is 22.9 Å². The molecule has 0 spiro atoms. The van der Waals surface area contributed by atoms with Crippen molar-refractivity contribution in [1.29, 1.82) is 5.26 Å². The number of halogens is 2. The highest BCUT2D eigenvalue weighted by molar-refractivity contribution is 7.07. The van der Waals surface area contributed by atoms with Crippen molar-refractivity contribution in [3.05, 3.63) is 125 Å². The lowest BCUT2D eigenvalue weighted by atomic mass is 9.83. The number of H-pyrrole nitrogens is 1.